The van der Waals surface area contributed by atoms with Crippen LogP contribution in [-0.2, 0) is 13.6 Å². The number of aromatic nitrogens is 2. The highest BCUT2D eigenvalue weighted by Crippen LogP contribution is 2.10. The van der Waals surface area contributed by atoms with Crippen molar-refractivity contribution in [3.63, 3.8) is 0 Å². The molecule has 2 heterocycles. The largest absolute Gasteiger partial charge is 0.330 e. The zero-order valence-electron chi connectivity index (χ0n) is 12.5. The molecular weight excluding hydrogens is 238 g/mol. The first kappa shape index (κ1) is 14.5. The number of nitrogens with zero attached hydrogens (tertiary/aromatic N) is 4. The SMILES string of the molecule is Cc1cc(CN2CCN(CC(C)CN)CC2)n(C)n1. The van der Waals surface area contributed by atoms with Gasteiger partial charge >= 0.3 is 0 Å². The lowest BCUT2D eigenvalue weighted by Crippen LogP contribution is -2.47. The summed E-state index contributed by atoms with van der Waals surface area (Å²) in [6.45, 7) is 11.8. The maximum Gasteiger partial charge on any atom is 0.0597 e. The van der Waals surface area contributed by atoms with Gasteiger partial charge in [0.2, 0.25) is 0 Å². The zero-order valence-corrected chi connectivity index (χ0v) is 12.5. The van der Waals surface area contributed by atoms with E-state index in [1.807, 2.05) is 11.7 Å². The molecular formula is C14H27N5. The minimum absolute atomic E-state index is 0.603. The Morgan fingerprint density at radius 2 is 1.89 bits per heavy atom. The molecule has 0 amide bonds. The summed E-state index contributed by atoms with van der Waals surface area (Å²) in [7, 11) is 2.03. The maximum atomic E-state index is 5.69. The lowest BCUT2D eigenvalue weighted by molar-refractivity contribution is 0.114. The summed E-state index contributed by atoms with van der Waals surface area (Å²) in [5.74, 6) is 0.603. The number of nitrogens with two attached hydrogens (primary N) is 1. The molecule has 1 aromatic rings. The molecule has 0 spiro atoms. The van der Waals surface area contributed by atoms with Gasteiger partial charge in [0.15, 0.2) is 0 Å². The second-order valence-electron chi connectivity index (χ2n) is 5.82. The molecule has 1 unspecified atom stereocenters. The van der Waals surface area contributed by atoms with Crippen LogP contribution in [0.25, 0.3) is 0 Å². The standard InChI is InChI=1S/C14H27N5/c1-12(9-15)10-18-4-6-19(7-5-18)11-14-8-13(2)16-17(14)3/h8,12H,4-7,9-11,15H2,1-3H3. The van der Waals surface area contributed by atoms with E-state index in [0.717, 1.165) is 51.5 Å². The predicted octanol–water partition coefficient (Wildman–Crippen LogP) is 0.441. The molecule has 1 saturated heterocycles. The lowest BCUT2D eigenvalue weighted by Gasteiger charge is -2.35. The van der Waals surface area contributed by atoms with Gasteiger partial charge in [-0.2, -0.15) is 5.10 Å². The van der Waals surface area contributed by atoms with E-state index >= 15 is 0 Å². The average molecular weight is 265 g/mol. The van der Waals surface area contributed by atoms with Crippen molar-refractivity contribution in [3.8, 4) is 0 Å². The number of hydrogen-bond acceptors (Lipinski definition) is 4. The summed E-state index contributed by atoms with van der Waals surface area (Å²) in [5, 5.41) is 4.41. The Kier molecular flexibility index (Phi) is 4.96. The third kappa shape index (κ3) is 4.03. The van der Waals surface area contributed by atoms with Crippen LogP contribution in [0, 0.1) is 12.8 Å². The third-order valence-corrected chi connectivity index (χ3v) is 3.92. The average Bonchev–Trinajstić information content (AvgIpc) is 2.70. The second-order valence-corrected chi connectivity index (χ2v) is 5.82. The number of rotatable bonds is 5. The van der Waals surface area contributed by atoms with Gasteiger partial charge in [0.25, 0.3) is 0 Å². The zero-order chi connectivity index (χ0) is 13.8. The molecule has 5 heteroatoms. The molecule has 1 aromatic heterocycles. The van der Waals surface area contributed by atoms with E-state index in [1.54, 1.807) is 0 Å². The van der Waals surface area contributed by atoms with Crippen LogP contribution in [0.4, 0.5) is 0 Å². The van der Waals surface area contributed by atoms with Crippen LogP contribution in [0.15, 0.2) is 6.07 Å². The summed E-state index contributed by atoms with van der Waals surface area (Å²) in [6, 6.07) is 2.18. The number of aryl methyl sites for hydroxylation is 2. The van der Waals surface area contributed by atoms with Crippen LogP contribution >= 0.6 is 0 Å². The van der Waals surface area contributed by atoms with Crippen molar-refractivity contribution in [2.24, 2.45) is 18.7 Å². The Bertz CT molecular complexity index is 393. The maximum absolute atomic E-state index is 5.69. The summed E-state index contributed by atoms with van der Waals surface area (Å²) >= 11 is 0. The van der Waals surface area contributed by atoms with Crippen molar-refractivity contribution < 1.29 is 0 Å². The van der Waals surface area contributed by atoms with E-state index in [4.69, 9.17) is 5.73 Å². The molecule has 1 fully saturated rings. The van der Waals surface area contributed by atoms with Gasteiger partial charge in [-0.1, -0.05) is 6.92 Å². The van der Waals surface area contributed by atoms with Crippen molar-refractivity contribution in [2.75, 3.05) is 39.3 Å². The highest BCUT2D eigenvalue weighted by atomic mass is 15.3. The first-order valence-electron chi connectivity index (χ1n) is 7.22. The van der Waals surface area contributed by atoms with Gasteiger partial charge in [0.1, 0.15) is 0 Å². The van der Waals surface area contributed by atoms with Crippen LogP contribution in [0.2, 0.25) is 0 Å². The molecule has 19 heavy (non-hydrogen) atoms. The molecule has 2 rings (SSSR count). The van der Waals surface area contributed by atoms with Crippen molar-refractivity contribution >= 4 is 0 Å². The summed E-state index contributed by atoms with van der Waals surface area (Å²) in [4.78, 5) is 5.04. The van der Waals surface area contributed by atoms with E-state index in [-0.39, 0.29) is 0 Å². The summed E-state index contributed by atoms with van der Waals surface area (Å²) in [5.41, 5.74) is 8.10. The Morgan fingerprint density at radius 3 is 2.42 bits per heavy atom. The van der Waals surface area contributed by atoms with Crippen LogP contribution in [0.3, 0.4) is 0 Å². The fraction of sp³-hybridized carbons (Fsp3) is 0.786. The van der Waals surface area contributed by atoms with Crippen molar-refractivity contribution in [1.29, 1.82) is 0 Å². The minimum Gasteiger partial charge on any atom is -0.330 e. The predicted molar refractivity (Wildman–Crippen MR) is 77.9 cm³/mol. The molecule has 2 N–H and O–H groups in total. The van der Waals surface area contributed by atoms with Gasteiger partial charge in [0.05, 0.1) is 11.4 Å². The Hall–Kier alpha value is -0.910. The molecule has 1 aliphatic rings. The van der Waals surface area contributed by atoms with Gasteiger partial charge in [-0.15, -0.1) is 0 Å². The molecule has 0 bridgehead atoms. The topological polar surface area (TPSA) is 50.3 Å². The van der Waals surface area contributed by atoms with Crippen molar-refractivity contribution in [3.05, 3.63) is 17.5 Å². The molecule has 0 aromatic carbocycles. The smallest absolute Gasteiger partial charge is 0.0597 e. The highest BCUT2D eigenvalue weighted by Gasteiger charge is 2.19. The fourth-order valence-corrected chi connectivity index (χ4v) is 2.69. The fourth-order valence-electron chi connectivity index (χ4n) is 2.69. The third-order valence-electron chi connectivity index (χ3n) is 3.92. The van der Waals surface area contributed by atoms with Gasteiger partial charge in [-0.25, -0.2) is 0 Å². The van der Waals surface area contributed by atoms with Crippen molar-refractivity contribution in [2.45, 2.75) is 20.4 Å². The van der Waals surface area contributed by atoms with E-state index in [1.165, 1.54) is 5.69 Å². The molecule has 5 nitrogen and oxygen atoms in total. The minimum atomic E-state index is 0.603. The molecule has 108 valence electrons. The summed E-state index contributed by atoms with van der Waals surface area (Å²) < 4.78 is 2.00. The van der Waals surface area contributed by atoms with Gasteiger partial charge < -0.3 is 10.6 Å². The van der Waals surface area contributed by atoms with E-state index < -0.39 is 0 Å². The Labute approximate surface area is 116 Å². The quantitative estimate of drug-likeness (QED) is 0.839. The normalized spacial score (nSPS) is 19.8. The Morgan fingerprint density at radius 1 is 1.26 bits per heavy atom. The van der Waals surface area contributed by atoms with Crippen LogP contribution < -0.4 is 5.73 Å². The molecule has 0 radical (unpaired) electrons. The molecule has 1 atom stereocenters. The first-order chi connectivity index (χ1) is 9.08. The lowest BCUT2D eigenvalue weighted by atomic mass is 10.1. The van der Waals surface area contributed by atoms with E-state index in [2.05, 4.69) is 34.8 Å². The van der Waals surface area contributed by atoms with Crippen molar-refractivity contribution in [1.82, 2.24) is 19.6 Å². The first-order valence-corrected chi connectivity index (χ1v) is 7.22. The van der Waals surface area contributed by atoms with E-state index in [9.17, 15) is 0 Å². The monoisotopic (exact) mass is 265 g/mol. The molecule has 1 aliphatic heterocycles. The van der Waals surface area contributed by atoms with Gasteiger partial charge in [-0.3, -0.25) is 9.58 Å². The molecule has 0 saturated carbocycles. The van der Waals surface area contributed by atoms with Gasteiger partial charge in [-0.05, 0) is 25.5 Å². The van der Waals surface area contributed by atoms with E-state index in [0.29, 0.717) is 5.92 Å². The molecule has 0 aliphatic carbocycles. The highest BCUT2D eigenvalue weighted by molar-refractivity contribution is 5.08. The Balaban J connectivity index is 1.79. The van der Waals surface area contributed by atoms with Gasteiger partial charge in [0, 0.05) is 46.3 Å². The summed E-state index contributed by atoms with van der Waals surface area (Å²) in [6.07, 6.45) is 0. The van der Waals surface area contributed by atoms with Crippen LogP contribution in [0.5, 0.6) is 0 Å². The van der Waals surface area contributed by atoms with Crippen LogP contribution in [0.1, 0.15) is 18.3 Å². The second kappa shape index (κ2) is 6.50. The number of hydrogen-bond donors (Lipinski definition) is 1. The van der Waals surface area contributed by atoms with Crippen LogP contribution in [-0.4, -0.2) is 58.8 Å². The number of piperazine rings is 1.